The second-order valence-corrected chi connectivity index (χ2v) is 10.4. The molecule has 0 radical (unpaired) electrons. The number of fused-ring (bicyclic) bond motifs is 1. The number of aliphatic hydroxyl groups excluding tert-OH is 1. The van der Waals surface area contributed by atoms with Crippen LogP contribution < -0.4 is 10.5 Å². The summed E-state index contributed by atoms with van der Waals surface area (Å²) in [4.78, 5) is 11.5. The van der Waals surface area contributed by atoms with Crippen molar-refractivity contribution in [1.82, 2.24) is 9.03 Å². The lowest BCUT2D eigenvalue weighted by Crippen LogP contribution is -2.59. The van der Waals surface area contributed by atoms with Gasteiger partial charge in [0.25, 0.3) is 0 Å². The van der Waals surface area contributed by atoms with Crippen molar-refractivity contribution in [2.24, 2.45) is 17.6 Å². The minimum Gasteiger partial charge on any atom is -0.391 e. The van der Waals surface area contributed by atoms with Gasteiger partial charge in [-0.2, -0.15) is 12.7 Å². The van der Waals surface area contributed by atoms with Gasteiger partial charge in [-0.1, -0.05) is 0 Å². The number of rotatable bonds is 5. The number of halogens is 1. The van der Waals surface area contributed by atoms with E-state index in [1.165, 1.54) is 0 Å². The molecule has 3 fully saturated rings. The van der Waals surface area contributed by atoms with Gasteiger partial charge in [-0.15, -0.1) is 0 Å². The minimum atomic E-state index is -4.09. The van der Waals surface area contributed by atoms with E-state index in [1.807, 2.05) is 18.6 Å². The molecule has 4 N–H and O–H groups in total. The van der Waals surface area contributed by atoms with E-state index >= 15 is 4.39 Å². The standard InChI is InChI=1S/C17H30FN3O5S/c1-17(2,19)5-6-26-11-4-3-10-7-13(22)16(15(18)12(10)8-11)21-9-14(23)20-27(21,24)25/h10-13,15-16,22H,3-9,19H2,1-2H3,(H,20,23). The van der Waals surface area contributed by atoms with E-state index in [1.54, 1.807) is 0 Å². The molecule has 8 nitrogen and oxygen atoms in total. The molecule has 0 aromatic rings. The van der Waals surface area contributed by atoms with E-state index in [0.29, 0.717) is 25.9 Å². The van der Waals surface area contributed by atoms with Crippen LogP contribution in [-0.2, 0) is 19.7 Å². The summed E-state index contributed by atoms with van der Waals surface area (Å²) in [6.07, 6.45) is 0.259. The second-order valence-electron chi connectivity index (χ2n) is 8.78. The molecule has 6 unspecified atom stereocenters. The van der Waals surface area contributed by atoms with E-state index < -0.39 is 46.9 Å². The second kappa shape index (κ2) is 7.55. The first-order valence-corrected chi connectivity index (χ1v) is 11.0. The quantitative estimate of drug-likeness (QED) is 0.593. The fourth-order valence-electron chi connectivity index (χ4n) is 4.54. The van der Waals surface area contributed by atoms with E-state index in [-0.39, 0.29) is 17.6 Å². The summed E-state index contributed by atoms with van der Waals surface area (Å²) >= 11 is 0. The molecule has 0 bridgehead atoms. The monoisotopic (exact) mass is 407 g/mol. The van der Waals surface area contributed by atoms with Gasteiger partial charge in [0.2, 0.25) is 5.91 Å². The van der Waals surface area contributed by atoms with Crippen molar-refractivity contribution in [3.05, 3.63) is 0 Å². The van der Waals surface area contributed by atoms with Crippen molar-refractivity contribution in [2.75, 3.05) is 13.2 Å². The number of nitrogens with one attached hydrogen (secondary N) is 1. The van der Waals surface area contributed by atoms with Crippen molar-refractivity contribution in [2.45, 2.75) is 75.9 Å². The van der Waals surface area contributed by atoms with E-state index in [2.05, 4.69) is 0 Å². The summed E-state index contributed by atoms with van der Waals surface area (Å²) in [5, 5.41) is 10.4. The van der Waals surface area contributed by atoms with Gasteiger partial charge in [0, 0.05) is 12.1 Å². The third kappa shape index (κ3) is 4.61. The fourth-order valence-corrected chi connectivity index (χ4v) is 5.88. The average molecular weight is 408 g/mol. The van der Waals surface area contributed by atoms with Gasteiger partial charge >= 0.3 is 10.2 Å². The molecular weight excluding hydrogens is 377 g/mol. The third-order valence-corrected chi connectivity index (χ3v) is 7.43. The number of hydrogen-bond acceptors (Lipinski definition) is 6. The molecule has 3 rings (SSSR count). The highest BCUT2D eigenvalue weighted by atomic mass is 32.2. The zero-order valence-electron chi connectivity index (χ0n) is 15.8. The highest BCUT2D eigenvalue weighted by Crippen LogP contribution is 2.45. The molecule has 3 aliphatic rings. The Hall–Kier alpha value is -0.810. The molecule has 0 spiro atoms. The predicted molar refractivity (Wildman–Crippen MR) is 96.5 cm³/mol. The molecule has 156 valence electrons. The number of carbonyl (C=O) groups is 1. The Morgan fingerprint density at radius 1 is 1.37 bits per heavy atom. The lowest BCUT2D eigenvalue weighted by Gasteiger charge is -2.47. The first-order chi connectivity index (χ1) is 12.5. The summed E-state index contributed by atoms with van der Waals surface area (Å²) < 4.78 is 48.1. The molecule has 1 amide bonds. The summed E-state index contributed by atoms with van der Waals surface area (Å²) in [5.74, 6) is -1.11. The maximum absolute atomic E-state index is 15.4. The molecule has 27 heavy (non-hydrogen) atoms. The Balaban J connectivity index is 1.67. The molecule has 0 aromatic heterocycles. The van der Waals surface area contributed by atoms with Crippen LogP contribution in [0, 0.1) is 11.8 Å². The van der Waals surface area contributed by atoms with E-state index in [9.17, 15) is 18.3 Å². The molecular formula is C17H30FN3O5S. The Morgan fingerprint density at radius 3 is 2.67 bits per heavy atom. The highest BCUT2D eigenvalue weighted by Gasteiger charge is 2.53. The number of carbonyl (C=O) groups excluding carboxylic acids is 1. The average Bonchev–Trinajstić information content (AvgIpc) is 2.79. The summed E-state index contributed by atoms with van der Waals surface area (Å²) in [6, 6.07) is -1.24. The van der Waals surface area contributed by atoms with Crippen LogP contribution in [0.1, 0.15) is 46.0 Å². The van der Waals surface area contributed by atoms with Gasteiger partial charge < -0.3 is 15.6 Å². The van der Waals surface area contributed by atoms with Crippen molar-refractivity contribution in [3.63, 3.8) is 0 Å². The van der Waals surface area contributed by atoms with Gasteiger partial charge in [0.05, 0.1) is 24.8 Å². The van der Waals surface area contributed by atoms with E-state index in [4.69, 9.17) is 10.5 Å². The van der Waals surface area contributed by atoms with Crippen LogP contribution in [0.5, 0.6) is 0 Å². The number of hydrogen-bond donors (Lipinski definition) is 3. The SMILES string of the molecule is CC(C)(N)CCOC1CCC2CC(O)C(N3CC(=O)NS3(=O)=O)C(F)C2C1. The van der Waals surface area contributed by atoms with Gasteiger partial charge in [-0.05, 0) is 57.8 Å². The number of alkyl halides is 1. The highest BCUT2D eigenvalue weighted by molar-refractivity contribution is 7.88. The maximum Gasteiger partial charge on any atom is 0.304 e. The lowest BCUT2D eigenvalue weighted by atomic mass is 9.66. The Bertz CT molecular complexity index is 668. The Labute approximate surface area is 159 Å². The van der Waals surface area contributed by atoms with Gasteiger partial charge in [-0.25, -0.2) is 9.11 Å². The number of aliphatic hydroxyl groups is 1. The maximum atomic E-state index is 15.4. The molecule has 2 saturated carbocycles. The largest absolute Gasteiger partial charge is 0.391 e. The zero-order chi connectivity index (χ0) is 20.0. The van der Waals surface area contributed by atoms with Crippen LogP contribution in [0.3, 0.4) is 0 Å². The number of ether oxygens (including phenoxy) is 1. The smallest absolute Gasteiger partial charge is 0.304 e. The summed E-state index contributed by atoms with van der Waals surface area (Å²) in [6.45, 7) is 3.88. The molecule has 1 heterocycles. The van der Waals surface area contributed by atoms with Crippen LogP contribution >= 0.6 is 0 Å². The number of nitrogens with zero attached hydrogens (tertiary/aromatic N) is 1. The van der Waals surface area contributed by atoms with Crippen LogP contribution in [0.2, 0.25) is 0 Å². The van der Waals surface area contributed by atoms with Crippen molar-refractivity contribution in [1.29, 1.82) is 0 Å². The van der Waals surface area contributed by atoms with Gasteiger partial charge in [0.15, 0.2) is 0 Å². The Kier molecular flexibility index (Phi) is 5.85. The molecule has 1 saturated heterocycles. The predicted octanol–water partition coefficient (Wildman–Crippen LogP) is 0.0632. The topological polar surface area (TPSA) is 122 Å². The number of nitrogens with two attached hydrogens (primary N) is 1. The first kappa shape index (κ1) is 20.9. The van der Waals surface area contributed by atoms with Crippen LogP contribution in [0.25, 0.3) is 0 Å². The van der Waals surface area contributed by atoms with Gasteiger partial charge in [0.1, 0.15) is 6.17 Å². The molecule has 10 heteroatoms. The third-order valence-electron chi connectivity index (χ3n) is 5.96. The van der Waals surface area contributed by atoms with E-state index in [0.717, 1.165) is 17.1 Å². The van der Waals surface area contributed by atoms with Crippen molar-refractivity contribution in [3.8, 4) is 0 Å². The van der Waals surface area contributed by atoms with Crippen molar-refractivity contribution >= 4 is 16.1 Å². The normalized spacial score (nSPS) is 39.8. The molecule has 2 aliphatic carbocycles. The van der Waals surface area contributed by atoms with Crippen LogP contribution in [0.4, 0.5) is 4.39 Å². The Morgan fingerprint density at radius 2 is 2.07 bits per heavy atom. The lowest BCUT2D eigenvalue weighted by molar-refractivity contribution is -0.120. The summed E-state index contributed by atoms with van der Waals surface area (Å²) in [5.41, 5.74) is 5.63. The van der Waals surface area contributed by atoms with Crippen LogP contribution in [-0.4, -0.2) is 66.8 Å². The van der Waals surface area contributed by atoms with Crippen LogP contribution in [0.15, 0.2) is 0 Å². The van der Waals surface area contributed by atoms with Gasteiger partial charge in [-0.3, -0.25) is 4.79 Å². The number of amides is 1. The molecule has 1 aliphatic heterocycles. The zero-order valence-corrected chi connectivity index (χ0v) is 16.6. The summed E-state index contributed by atoms with van der Waals surface area (Å²) in [7, 11) is -4.09. The minimum absolute atomic E-state index is 0.00832. The van der Waals surface area contributed by atoms with Crippen molar-refractivity contribution < 1.29 is 27.4 Å². The molecule has 0 aromatic carbocycles. The first-order valence-electron chi connectivity index (χ1n) is 9.53. The molecule has 6 atom stereocenters. The fraction of sp³-hybridized carbons (Fsp3) is 0.941.